The molecule has 0 fully saturated rings. The van der Waals surface area contributed by atoms with Crippen LogP contribution in [-0.2, 0) is 20.6 Å². The van der Waals surface area contributed by atoms with Crippen LogP contribution in [0.15, 0.2) is 21.2 Å². The first kappa shape index (κ1) is 18.0. The Morgan fingerprint density at radius 3 is 2.42 bits per heavy atom. The molecule has 0 spiro atoms. The lowest BCUT2D eigenvalue weighted by Crippen LogP contribution is -2.40. The van der Waals surface area contributed by atoms with Crippen LogP contribution >= 0.6 is 0 Å². The van der Waals surface area contributed by atoms with Gasteiger partial charge < -0.3 is 15.6 Å². The fourth-order valence-electron chi connectivity index (χ4n) is 2.34. The zero-order chi connectivity index (χ0) is 18.2. The van der Waals surface area contributed by atoms with Crippen molar-refractivity contribution in [3.63, 3.8) is 0 Å². The molecule has 2 rings (SSSR count). The molecule has 0 amide bonds. The lowest BCUT2D eigenvalue weighted by molar-refractivity contribution is 0.546. The van der Waals surface area contributed by atoms with E-state index >= 15 is 0 Å². The Morgan fingerprint density at radius 2 is 1.88 bits per heavy atom. The summed E-state index contributed by atoms with van der Waals surface area (Å²) in [4.78, 5) is 29.2. The van der Waals surface area contributed by atoms with Crippen LogP contribution in [0.5, 0.6) is 0 Å². The van der Waals surface area contributed by atoms with Gasteiger partial charge in [-0.05, 0) is 27.7 Å². The number of nitrogens with two attached hydrogens (primary N) is 1. The summed E-state index contributed by atoms with van der Waals surface area (Å²) in [5, 5.41) is 3.19. The van der Waals surface area contributed by atoms with Crippen molar-refractivity contribution in [2.45, 2.75) is 39.8 Å². The second-order valence-corrected chi connectivity index (χ2v) is 7.05. The highest BCUT2D eigenvalue weighted by Gasteiger charge is 2.20. The number of fused-ring (bicyclic) bond motifs is 1. The van der Waals surface area contributed by atoms with E-state index in [0.29, 0.717) is 30.2 Å². The molecule has 0 bridgehead atoms. The maximum atomic E-state index is 12.6. The van der Waals surface area contributed by atoms with Crippen molar-refractivity contribution in [2.75, 3.05) is 11.9 Å². The number of rotatable bonds is 5. The van der Waals surface area contributed by atoms with Gasteiger partial charge in [-0.25, -0.2) is 4.79 Å². The number of imidazole rings is 1. The summed E-state index contributed by atoms with van der Waals surface area (Å²) in [7, 11) is 3.08. The SMILES string of the molecule is CC(C)=CCn1c(NCC(C)(C)N)nc2c1c(=O)n(C)c(=O)n2C. The van der Waals surface area contributed by atoms with Gasteiger partial charge in [0.25, 0.3) is 5.56 Å². The number of allylic oxidation sites excluding steroid dienone is 2. The summed E-state index contributed by atoms with van der Waals surface area (Å²) < 4.78 is 4.27. The molecule has 132 valence electrons. The minimum Gasteiger partial charge on any atom is -0.354 e. The summed E-state index contributed by atoms with van der Waals surface area (Å²) in [6, 6.07) is 0. The number of hydrogen-bond acceptors (Lipinski definition) is 5. The van der Waals surface area contributed by atoms with Crippen LogP contribution < -0.4 is 22.3 Å². The van der Waals surface area contributed by atoms with Crippen LogP contribution in [0.2, 0.25) is 0 Å². The summed E-state index contributed by atoms with van der Waals surface area (Å²) in [5.41, 5.74) is 6.72. The third-order valence-corrected chi connectivity index (χ3v) is 3.73. The number of anilines is 1. The molecule has 8 heteroatoms. The molecule has 3 N–H and O–H groups in total. The second kappa shape index (κ2) is 6.27. The molecule has 8 nitrogen and oxygen atoms in total. The number of hydrogen-bond donors (Lipinski definition) is 2. The fraction of sp³-hybridized carbons (Fsp3) is 0.562. The van der Waals surface area contributed by atoms with Crippen LogP contribution in [0.4, 0.5) is 5.95 Å². The third-order valence-electron chi connectivity index (χ3n) is 3.73. The van der Waals surface area contributed by atoms with Gasteiger partial charge in [-0.3, -0.25) is 13.9 Å². The smallest absolute Gasteiger partial charge is 0.332 e. The Hall–Kier alpha value is -2.35. The fourth-order valence-corrected chi connectivity index (χ4v) is 2.34. The monoisotopic (exact) mass is 334 g/mol. The number of nitrogens with zero attached hydrogens (tertiary/aromatic N) is 4. The van der Waals surface area contributed by atoms with Crippen molar-refractivity contribution in [2.24, 2.45) is 19.8 Å². The quantitative estimate of drug-likeness (QED) is 0.778. The number of aryl methyl sites for hydroxylation is 1. The van der Waals surface area contributed by atoms with E-state index in [9.17, 15) is 9.59 Å². The van der Waals surface area contributed by atoms with Crippen molar-refractivity contribution < 1.29 is 0 Å². The van der Waals surface area contributed by atoms with E-state index in [1.54, 1.807) is 11.6 Å². The molecule has 24 heavy (non-hydrogen) atoms. The average Bonchev–Trinajstić information content (AvgIpc) is 2.84. The van der Waals surface area contributed by atoms with Crippen molar-refractivity contribution in [3.05, 3.63) is 32.5 Å². The third kappa shape index (κ3) is 3.43. The van der Waals surface area contributed by atoms with Crippen LogP contribution in [0, 0.1) is 0 Å². The van der Waals surface area contributed by atoms with Gasteiger partial charge >= 0.3 is 5.69 Å². The standard InChI is InChI=1S/C16H26N6O2/c1-10(2)7-8-22-11-12(19-14(22)18-9-16(3,4)17)20(5)15(24)21(6)13(11)23/h7H,8-9,17H2,1-6H3,(H,18,19). The molecule has 0 radical (unpaired) electrons. The molecule has 0 aliphatic heterocycles. The molecule has 0 unspecified atom stereocenters. The number of nitrogens with one attached hydrogen (secondary N) is 1. The summed E-state index contributed by atoms with van der Waals surface area (Å²) in [6.45, 7) is 8.75. The minimum atomic E-state index is -0.434. The molecule has 2 aromatic heterocycles. The van der Waals surface area contributed by atoms with Gasteiger partial charge in [-0.2, -0.15) is 4.98 Å². The highest BCUT2D eigenvalue weighted by atomic mass is 16.2. The second-order valence-electron chi connectivity index (χ2n) is 7.05. The molecule has 0 atom stereocenters. The highest BCUT2D eigenvalue weighted by Crippen LogP contribution is 2.16. The zero-order valence-corrected chi connectivity index (χ0v) is 15.2. The van der Waals surface area contributed by atoms with E-state index in [2.05, 4.69) is 10.3 Å². The van der Waals surface area contributed by atoms with Gasteiger partial charge in [0.05, 0.1) is 0 Å². The first-order valence-electron chi connectivity index (χ1n) is 7.85. The Labute approximate surface area is 140 Å². The van der Waals surface area contributed by atoms with Gasteiger partial charge in [0.15, 0.2) is 11.2 Å². The van der Waals surface area contributed by atoms with Crippen LogP contribution in [-0.4, -0.2) is 30.8 Å². The normalized spacial score (nSPS) is 11.8. The van der Waals surface area contributed by atoms with Gasteiger partial charge in [-0.1, -0.05) is 11.6 Å². The van der Waals surface area contributed by atoms with Crippen molar-refractivity contribution in [1.82, 2.24) is 18.7 Å². The molecule has 0 aliphatic carbocycles. The van der Waals surface area contributed by atoms with Gasteiger partial charge in [0, 0.05) is 32.7 Å². The topological polar surface area (TPSA) is 99.9 Å². The largest absolute Gasteiger partial charge is 0.354 e. The Bertz CT molecular complexity index is 904. The summed E-state index contributed by atoms with van der Waals surface area (Å²) in [6.07, 6.45) is 2.00. The van der Waals surface area contributed by atoms with Gasteiger partial charge in [0.1, 0.15) is 0 Å². The molecular weight excluding hydrogens is 308 g/mol. The minimum absolute atomic E-state index is 0.359. The molecule has 2 aromatic rings. The molecule has 2 heterocycles. The summed E-state index contributed by atoms with van der Waals surface area (Å²) in [5.74, 6) is 0.527. The van der Waals surface area contributed by atoms with E-state index < -0.39 is 11.2 Å². The Kier molecular flexibility index (Phi) is 4.70. The highest BCUT2D eigenvalue weighted by molar-refractivity contribution is 5.74. The van der Waals surface area contributed by atoms with E-state index in [-0.39, 0.29) is 5.56 Å². The van der Waals surface area contributed by atoms with E-state index in [0.717, 1.165) is 10.1 Å². The predicted molar refractivity (Wildman–Crippen MR) is 96.4 cm³/mol. The zero-order valence-electron chi connectivity index (χ0n) is 15.2. The molecule has 0 saturated carbocycles. The maximum Gasteiger partial charge on any atom is 0.332 e. The van der Waals surface area contributed by atoms with Gasteiger partial charge in [0.2, 0.25) is 5.95 Å². The first-order chi connectivity index (χ1) is 11.0. The van der Waals surface area contributed by atoms with E-state index in [4.69, 9.17) is 5.73 Å². The molecule has 0 saturated heterocycles. The Morgan fingerprint density at radius 1 is 1.25 bits per heavy atom. The number of aromatic nitrogens is 4. The first-order valence-corrected chi connectivity index (χ1v) is 7.85. The van der Waals surface area contributed by atoms with Crippen LogP contribution in [0.3, 0.4) is 0 Å². The van der Waals surface area contributed by atoms with Crippen molar-refractivity contribution >= 4 is 17.1 Å². The van der Waals surface area contributed by atoms with E-state index in [1.807, 2.05) is 33.8 Å². The molecule has 0 aromatic carbocycles. The maximum absolute atomic E-state index is 12.6. The van der Waals surface area contributed by atoms with Gasteiger partial charge in [-0.15, -0.1) is 0 Å². The molecule has 0 aliphatic rings. The van der Waals surface area contributed by atoms with Crippen molar-refractivity contribution in [3.8, 4) is 0 Å². The predicted octanol–water partition coefficient (Wildman–Crippen LogP) is 0.549. The van der Waals surface area contributed by atoms with Crippen LogP contribution in [0.1, 0.15) is 27.7 Å². The lowest BCUT2D eigenvalue weighted by Gasteiger charge is -2.19. The van der Waals surface area contributed by atoms with E-state index in [1.165, 1.54) is 11.6 Å². The van der Waals surface area contributed by atoms with Crippen molar-refractivity contribution in [1.29, 1.82) is 0 Å². The average molecular weight is 334 g/mol. The van der Waals surface area contributed by atoms with Crippen LogP contribution in [0.25, 0.3) is 11.2 Å². The molecular formula is C16H26N6O2. The Balaban J connectivity index is 2.72. The lowest BCUT2D eigenvalue weighted by atomic mass is 10.1. The summed E-state index contributed by atoms with van der Waals surface area (Å²) >= 11 is 0.